The summed E-state index contributed by atoms with van der Waals surface area (Å²) in [5.41, 5.74) is 6.00. The van der Waals surface area contributed by atoms with Gasteiger partial charge in [0.2, 0.25) is 0 Å². The van der Waals surface area contributed by atoms with Crippen LogP contribution < -0.4 is 9.47 Å². The van der Waals surface area contributed by atoms with E-state index in [1.807, 2.05) is 0 Å². The van der Waals surface area contributed by atoms with E-state index >= 15 is 0 Å². The lowest BCUT2D eigenvalue weighted by molar-refractivity contribution is 0.281. The number of benzene rings is 1. The largest absolute Gasteiger partial charge is 0.461 e. The highest BCUT2D eigenvalue weighted by atomic mass is 16.5. The molecule has 0 aromatic heterocycles. The SMILES string of the molecule is C=C=C/C=C\C=C\Oc1cc(CO)ccc1O/C=C\C=C\C=C=C. The van der Waals surface area contributed by atoms with Gasteiger partial charge in [-0.15, -0.1) is 11.5 Å². The molecule has 24 heavy (non-hydrogen) atoms. The second kappa shape index (κ2) is 12.3. The van der Waals surface area contributed by atoms with Crippen molar-refractivity contribution in [2.24, 2.45) is 0 Å². The normalized spacial score (nSPS) is 11.0. The van der Waals surface area contributed by atoms with Crippen molar-refractivity contribution in [3.8, 4) is 11.5 Å². The van der Waals surface area contributed by atoms with Crippen LogP contribution in [-0.4, -0.2) is 5.11 Å². The molecule has 1 aromatic rings. The van der Waals surface area contributed by atoms with Crippen molar-refractivity contribution < 1.29 is 14.6 Å². The van der Waals surface area contributed by atoms with Crippen molar-refractivity contribution in [3.63, 3.8) is 0 Å². The van der Waals surface area contributed by atoms with Gasteiger partial charge < -0.3 is 14.6 Å². The van der Waals surface area contributed by atoms with Gasteiger partial charge in [-0.25, -0.2) is 0 Å². The molecule has 0 fully saturated rings. The predicted octanol–water partition coefficient (Wildman–Crippen LogP) is 4.76. The molecule has 0 saturated carbocycles. The Morgan fingerprint density at radius 2 is 1.42 bits per heavy atom. The van der Waals surface area contributed by atoms with E-state index in [0.717, 1.165) is 5.56 Å². The van der Waals surface area contributed by atoms with E-state index in [4.69, 9.17) is 9.47 Å². The fourth-order valence-electron chi connectivity index (χ4n) is 1.53. The van der Waals surface area contributed by atoms with Crippen LogP contribution in [0.25, 0.3) is 0 Å². The van der Waals surface area contributed by atoms with Crippen molar-refractivity contribution in [1.29, 1.82) is 0 Å². The van der Waals surface area contributed by atoms with E-state index in [9.17, 15) is 5.11 Å². The first-order chi connectivity index (χ1) is 11.8. The van der Waals surface area contributed by atoms with Crippen LogP contribution in [0.15, 0.2) is 104 Å². The molecule has 1 rings (SSSR count). The van der Waals surface area contributed by atoms with Crippen LogP contribution in [0.1, 0.15) is 5.56 Å². The molecule has 0 spiro atoms. The Balaban J connectivity index is 2.79. The van der Waals surface area contributed by atoms with Gasteiger partial charge in [-0.2, -0.15) is 0 Å². The van der Waals surface area contributed by atoms with Crippen LogP contribution in [0.3, 0.4) is 0 Å². The molecule has 122 valence electrons. The quantitative estimate of drug-likeness (QED) is 0.405. The van der Waals surface area contributed by atoms with Gasteiger partial charge in [0.05, 0.1) is 19.1 Å². The lowest BCUT2D eigenvalue weighted by Crippen LogP contribution is -1.91. The molecule has 0 aliphatic heterocycles. The summed E-state index contributed by atoms with van der Waals surface area (Å²) in [5.74, 6) is 1.04. The van der Waals surface area contributed by atoms with Crippen molar-refractivity contribution in [2.75, 3.05) is 0 Å². The molecular formula is C21H20O3. The minimum absolute atomic E-state index is 0.0726. The molecule has 0 bridgehead atoms. The smallest absolute Gasteiger partial charge is 0.169 e. The highest BCUT2D eigenvalue weighted by Gasteiger charge is 2.04. The van der Waals surface area contributed by atoms with Crippen molar-refractivity contribution in [2.45, 2.75) is 6.61 Å². The van der Waals surface area contributed by atoms with Gasteiger partial charge in [0, 0.05) is 0 Å². The molecule has 0 heterocycles. The minimum Gasteiger partial charge on any atom is -0.461 e. The van der Waals surface area contributed by atoms with Crippen molar-refractivity contribution in [1.82, 2.24) is 0 Å². The second-order valence-corrected chi connectivity index (χ2v) is 4.34. The number of ether oxygens (including phenoxy) is 2. The molecule has 3 nitrogen and oxygen atoms in total. The summed E-state index contributed by atoms with van der Waals surface area (Å²) in [4.78, 5) is 0. The molecule has 0 amide bonds. The molecule has 0 atom stereocenters. The number of aliphatic hydroxyl groups excluding tert-OH is 1. The molecule has 3 heteroatoms. The fourth-order valence-corrected chi connectivity index (χ4v) is 1.53. The third-order valence-electron chi connectivity index (χ3n) is 2.61. The van der Waals surface area contributed by atoms with Crippen LogP contribution in [0.4, 0.5) is 0 Å². The second-order valence-electron chi connectivity index (χ2n) is 4.34. The molecule has 0 saturated heterocycles. The van der Waals surface area contributed by atoms with Crippen LogP contribution >= 0.6 is 0 Å². The Bertz CT molecular complexity index is 723. The van der Waals surface area contributed by atoms with Crippen LogP contribution in [-0.2, 0) is 6.61 Å². The van der Waals surface area contributed by atoms with Gasteiger partial charge in [0.15, 0.2) is 11.5 Å². The summed E-state index contributed by atoms with van der Waals surface area (Å²) in [6.45, 7) is 6.85. The molecule has 1 N–H and O–H groups in total. The zero-order valence-corrected chi connectivity index (χ0v) is 13.4. The Labute approximate surface area is 142 Å². The standard InChI is InChI=1S/C21H20O3/c1-3-5-7-9-11-15-23-20-14-13-19(18-22)17-21(20)24-16-12-10-8-6-4-2/h5-17,22H,1-2,18H2/b9-7+,10-8-,15-11-,16-12+. The van der Waals surface area contributed by atoms with E-state index < -0.39 is 0 Å². The summed E-state index contributed by atoms with van der Waals surface area (Å²) in [6.07, 6.45) is 17.0. The summed E-state index contributed by atoms with van der Waals surface area (Å²) in [5, 5.41) is 9.24. The van der Waals surface area contributed by atoms with Gasteiger partial charge in [-0.3, -0.25) is 0 Å². The monoisotopic (exact) mass is 320 g/mol. The Morgan fingerprint density at radius 1 is 0.833 bits per heavy atom. The molecule has 0 aliphatic carbocycles. The lowest BCUT2D eigenvalue weighted by atomic mass is 10.2. The van der Waals surface area contributed by atoms with E-state index in [1.54, 1.807) is 66.8 Å². The highest BCUT2D eigenvalue weighted by Crippen LogP contribution is 2.29. The first-order valence-corrected chi connectivity index (χ1v) is 7.24. The predicted molar refractivity (Wildman–Crippen MR) is 97.6 cm³/mol. The lowest BCUT2D eigenvalue weighted by Gasteiger charge is -2.08. The van der Waals surface area contributed by atoms with E-state index in [2.05, 4.69) is 24.6 Å². The molecular weight excluding hydrogens is 300 g/mol. The van der Waals surface area contributed by atoms with Gasteiger partial charge in [0.1, 0.15) is 0 Å². The van der Waals surface area contributed by atoms with E-state index in [-0.39, 0.29) is 6.61 Å². The Hall–Kier alpha value is -3.22. The number of hydrogen-bond donors (Lipinski definition) is 1. The van der Waals surface area contributed by atoms with Crippen molar-refractivity contribution >= 4 is 0 Å². The first kappa shape index (κ1) is 18.8. The van der Waals surface area contributed by atoms with Gasteiger partial charge in [-0.1, -0.05) is 43.5 Å². The third-order valence-corrected chi connectivity index (χ3v) is 2.61. The zero-order valence-electron chi connectivity index (χ0n) is 13.4. The van der Waals surface area contributed by atoms with Gasteiger partial charge in [-0.05, 0) is 42.0 Å². The molecule has 0 aliphatic rings. The van der Waals surface area contributed by atoms with Crippen molar-refractivity contribution in [3.05, 3.63) is 110 Å². The van der Waals surface area contributed by atoms with E-state index in [0.29, 0.717) is 11.5 Å². The number of rotatable bonds is 9. The zero-order chi connectivity index (χ0) is 17.5. The average Bonchev–Trinajstić information content (AvgIpc) is 2.61. The van der Waals surface area contributed by atoms with Crippen LogP contribution in [0.5, 0.6) is 11.5 Å². The Morgan fingerprint density at radius 3 is 1.96 bits per heavy atom. The maximum Gasteiger partial charge on any atom is 0.169 e. The summed E-state index contributed by atoms with van der Waals surface area (Å²) in [6, 6.07) is 5.23. The molecule has 0 unspecified atom stereocenters. The summed E-state index contributed by atoms with van der Waals surface area (Å²) >= 11 is 0. The fraction of sp³-hybridized carbons (Fsp3) is 0.0476. The Kier molecular flexibility index (Phi) is 9.68. The van der Waals surface area contributed by atoms with Crippen LogP contribution in [0.2, 0.25) is 0 Å². The topological polar surface area (TPSA) is 38.7 Å². The molecule has 0 radical (unpaired) electrons. The van der Waals surface area contributed by atoms with Gasteiger partial charge in [0.25, 0.3) is 0 Å². The van der Waals surface area contributed by atoms with Gasteiger partial charge >= 0.3 is 0 Å². The third kappa shape index (κ3) is 7.69. The minimum atomic E-state index is -0.0726. The van der Waals surface area contributed by atoms with Crippen LogP contribution in [0, 0.1) is 0 Å². The first-order valence-electron chi connectivity index (χ1n) is 7.24. The number of aliphatic hydroxyl groups is 1. The highest BCUT2D eigenvalue weighted by molar-refractivity contribution is 5.43. The summed E-state index contributed by atoms with van der Waals surface area (Å²) in [7, 11) is 0. The number of allylic oxidation sites excluding steroid dienone is 8. The summed E-state index contributed by atoms with van der Waals surface area (Å²) < 4.78 is 11.1. The maximum atomic E-state index is 9.24. The number of hydrogen-bond acceptors (Lipinski definition) is 3. The maximum absolute atomic E-state index is 9.24. The average molecular weight is 320 g/mol. The van der Waals surface area contributed by atoms with E-state index in [1.165, 1.54) is 12.5 Å². The molecule has 1 aromatic carbocycles.